The van der Waals surface area contributed by atoms with Gasteiger partial charge in [-0.1, -0.05) is 36.4 Å². The van der Waals surface area contributed by atoms with Gasteiger partial charge in [0.2, 0.25) is 0 Å². The standard InChI is InChI=1S/C15H17NO2/c1-11-7-8-12-5-3-4-6-13(12)14(9-11)18-10-15(17)16-2/h3-6,9H,1,7-8,10H2,2H3,(H,16,17). The highest BCUT2D eigenvalue weighted by Gasteiger charge is 2.14. The summed E-state index contributed by atoms with van der Waals surface area (Å²) in [5.41, 5.74) is 3.32. The molecule has 0 atom stereocenters. The van der Waals surface area contributed by atoms with Crippen LogP contribution in [0.2, 0.25) is 0 Å². The van der Waals surface area contributed by atoms with E-state index >= 15 is 0 Å². The Bertz CT molecular complexity index is 503. The molecule has 0 heterocycles. The smallest absolute Gasteiger partial charge is 0.257 e. The normalized spacial score (nSPS) is 14.3. The van der Waals surface area contributed by atoms with E-state index in [4.69, 9.17) is 4.74 Å². The lowest BCUT2D eigenvalue weighted by Gasteiger charge is -2.11. The van der Waals surface area contributed by atoms with Crippen LogP contribution < -0.4 is 5.32 Å². The summed E-state index contributed by atoms with van der Waals surface area (Å²) < 4.78 is 5.60. The number of carbonyl (C=O) groups is 1. The molecule has 0 saturated heterocycles. The van der Waals surface area contributed by atoms with Crippen molar-refractivity contribution < 1.29 is 9.53 Å². The molecule has 1 aromatic rings. The van der Waals surface area contributed by atoms with Gasteiger partial charge < -0.3 is 10.1 Å². The number of allylic oxidation sites excluding steroid dienone is 2. The highest BCUT2D eigenvalue weighted by molar-refractivity contribution is 5.78. The van der Waals surface area contributed by atoms with Crippen molar-refractivity contribution in [2.75, 3.05) is 13.7 Å². The van der Waals surface area contributed by atoms with Crippen molar-refractivity contribution in [2.24, 2.45) is 0 Å². The topological polar surface area (TPSA) is 38.3 Å². The molecule has 1 aromatic carbocycles. The van der Waals surface area contributed by atoms with Crippen molar-refractivity contribution in [1.82, 2.24) is 5.32 Å². The van der Waals surface area contributed by atoms with Gasteiger partial charge in [0.25, 0.3) is 5.91 Å². The van der Waals surface area contributed by atoms with E-state index in [1.54, 1.807) is 7.05 Å². The summed E-state index contributed by atoms with van der Waals surface area (Å²) in [6, 6.07) is 8.10. The summed E-state index contributed by atoms with van der Waals surface area (Å²) in [6.07, 6.45) is 3.80. The molecule has 0 aromatic heterocycles. The molecule has 0 spiro atoms. The van der Waals surface area contributed by atoms with Crippen LogP contribution >= 0.6 is 0 Å². The number of amides is 1. The number of benzene rings is 1. The Labute approximate surface area is 107 Å². The lowest BCUT2D eigenvalue weighted by atomic mass is 10.0. The molecule has 1 aliphatic carbocycles. The molecule has 1 N–H and O–H groups in total. The summed E-state index contributed by atoms with van der Waals surface area (Å²) in [5, 5.41) is 2.54. The van der Waals surface area contributed by atoms with Crippen LogP contribution in [-0.2, 0) is 16.0 Å². The molecule has 0 saturated carbocycles. The predicted molar refractivity (Wildman–Crippen MR) is 71.9 cm³/mol. The molecule has 0 bridgehead atoms. The summed E-state index contributed by atoms with van der Waals surface area (Å²) in [6.45, 7) is 4.03. The highest BCUT2D eigenvalue weighted by atomic mass is 16.5. The fraction of sp³-hybridized carbons (Fsp3) is 0.267. The van der Waals surface area contributed by atoms with Crippen LogP contribution in [-0.4, -0.2) is 19.6 Å². The molecule has 0 radical (unpaired) electrons. The van der Waals surface area contributed by atoms with E-state index in [-0.39, 0.29) is 12.5 Å². The lowest BCUT2D eigenvalue weighted by molar-refractivity contribution is -0.123. The van der Waals surface area contributed by atoms with E-state index in [2.05, 4.69) is 18.0 Å². The largest absolute Gasteiger partial charge is 0.483 e. The third kappa shape index (κ3) is 2.80. The van der Waals surface area contributed by atoms with Crippen molar-refractivity contribution >= 4 is 11.7 Å². The first-order valence-electron chi connectivity index (χ1n) is 6.02. The van der Waals surface area contributed by atoms with Gasteiger partial charge in [-0.05, 0) is 24.5 Å². The fourth-order valence-electron chi connectivity index (χ4n) is 1.94. The average Bonchev–Trinajstić information content (AvgIpc) is 2.56. The molecule has 94 valence electrons. The number of hydrogen-bond acceptors (Lipinski definition) is 2. The zero-order chi connectivity index (χ0) is 13.0. The Balaban J connectivity index is 2.25. The number of carbonyl (C=O) groups excluding carboxylic acids is 1. The molecule has 2 rings (SSSR count). The summed E-state index contributed by atoms with van der Waals surface area (Å²) in [5.74, 6) is 0.597. The van der Waals surface area contributed by atoms with Crippen molar-refractivity contribution in [3.8, 4) is 0 Å². The van der Waals surface area contributed by atoms with Crippen molar-refractivity contribution in [2.45, 2.75) is 12.8 Å². The van der Waals surface area contributed by atoms with Crippen LogP contribution in [0.3, 0.4) is 0 Å². The minimum Gasteiger partial charge on any atom is -0.483 e. The maximum atomic E-state index is 11.2. The Kier molecular flexibility index (Phi) is 3.82. The summed E-state index contributed by atoms with van der Waals surface area (Å²) in [7, 11) is 1.60. The van der Waals surface area contributed by atoms with Gasteiger partial charge in [-0.15, -0.1) is 0 Å². The zero-order valence-corrected chi connectivity index (χ0v) is 10.5. The Hall–Kier alpha value is -2.03. The SMILES string of the molecule is C=C1C=C(OCC(=O)NC)c2ccccc2CC1. The van der Waals surface area contributed by atoms with E-state index < -0.39 is 0 Å². The molecular weight excluding hydrogens is 226 g/mol. The predicted octanol–water partition coefficient (Wildman–Crippen LogP) is 2.29. The Morgan fingerprint density at radius 1 is 1.39 bits per heavy atom. The summed E-state index contributed by atoms with van der Waals surface area (Å²) in [4.78, 5) is 11.2. The third-order valence-electron chi connectivity index (χ3n) is 2.97. The number of fused-ring (bicyclic) bond motifs is 1. The lowest BCUT2D eigenvalue weighted by Crippen LogP contribution is -2.23. The van der Waals surface area contributed by atoms with Gasteiger partial charge in [0.1, 0.15) is 5.76 Å². The van der Waals surface area contributed by atoms with E-state index in [1.165, 1.54) is 5.56 Å². The van der Waals surface area contributed by atoms with Crippen molar-refractivity contribution in [3.05, 3.63) is 53.6 Å². The molecule has 0 aliphatic heterocycles. The van der Waals surface area contributed by atoms with Crippen LogP contribution in [0.4, 0.5) is 0 Å². The Morgan fingerprint density at radius 3 is 2.94 bits per heavy atom. The number of ether oxygens (including phenoxy) is 1. The summed E-state index contributed by atoms with van der Waals surface area (Å²) >= 11 is 0. The van der Waals surface area contributed by atoms with E-state index in [1.807, 2.05) is 24.3 Å². The monoisotopic (exact) mass is 243 g/mol. The first-order valence-corrected chi connectivity index (χ1v) is 6.02. The van der Waals surface area contributed by atoms with E-state index in [0.29, 0.717) is 0 Å². The first-order chi connectivity index (χ1) is 8.70. The number of nitrogens with one attached hydrogen (secondary N) is 1. The third-order valence-corrected chi connectivity index (χ3v) is 2.97. The second kappa shape index (κ2) is 5.54. The number of rotatable bonds is 3. The van der Waals surface area contributed by atoms with Gasteiger partial charge >= 0.3 is 0 Å². The van der Waals surface area contributed by atoms with Crippen LogP contribution in [0.1, 0.15) is 17.5 Å². The zero-order valence-electron chi connectivity index (χ0n) is 10.5. The molecule has 1 amide bonds. The first kappa shape index (κ1) is 12.4. The molecule has 3 nitrogen and oxygen atoms in total. The maximum absolute atomic E-state index is 11.2. The number of aryl methyl sites for hydroxylation is 1. The van der Waals surface area contributed by atoms with E-state index in [9.17, 15) is 4.79 Å². The molecule has 0 unspecified atom stereocenters. The second-order valence-electron chi connectivity index (χ2n) is 4.29. The molecule has 1 aliphatic rings. The minimum absolute atomic E-state index is 0.0317. The number of hydrogen-bond donors (Lipinski definition) is 1. The van der Waals surface area contributed by atoms with Gasteiger partial charge in [0, 0.05) is 12.6 Å². The van der Waals surface area contributed by atoms with Gasteiger partial charge in [0.05, 0.1) is 0 Å². The van der Waals surface area contributed by atoms with Crippen molar-refractivity contribution in [1.29, 1.82) is 0 Å². The van der Waals surface area contributed by atoms with Crippen LogP contribution in [0.15, 0.2) is 42.5 Å². The minimum atomic E-state index is -0.136. The van der Waals surface area contributed by atoms with Crippen LogP contribution in [0, 0.1) is 0 Å². The fourth-order valence-corrected chi connectivity index (χ4v) is 1.94. The molecule has 0 fully saturated rings. The van der Waals surface area contributed by atoms with Gasteiger partial charge in [-0.2, -0.15) is 0 Å². The van der Waals surface area contributed by atoms with Gasteiger partial charge in [0.15, 0.2) is 6.61 Å². The molecular formula is C15H17NO2. The average molecular weight is 243 g/mol. The Morgan fingerprint density at radius 2 is 2.17 bits per heavy atom. The van der Waals surface area contributed by atoms with E-state index in [0.717, 1.165) is 29.7 Å². The van der Waals surface area contributed by atoms with Crippen molar-refractivity contribution in [3.63, 3.8) is 0 Å². The molecule has 3 heteroatoms. The second-order valence-corrected chi connectivity index (χ2v) is 4.29. The highest BCUT2D eigenvalue weighted by Crippen LogP contribution is 2.27. The molecule has 18 heavy (non-hydrogen) atoms. The van der Waals surface area contributed by atoms with Crippen LogP contribution in [0.5, 0.6) is 0 Å². The number of likely N-dealkylation sites (N-methyl/N-ethyl adjacent to an activating group) is 1. The van der Waals surface area contributed by atoms with Gasteiger partial charge in [-0.25, -0.2) is 0 Å². The van der Waals surface area contributed by atoms with Gasteiger partial charge in [-0.3, -0.25) is 4.79 Å². The quantitative estimate of drug-likeness (QED) is 0.884. The van der Waals surface area contributed by atoms with Crippen LogP contribution in [0.25, 0.3) is 5.76 Å². The maximum Gasteiger partial charge on any atom is 0.257 e.